The molecule has 2 aliphatic rings. The molecule has 34 heavy (non-hydrogen) atoms. The van der Waals surface area contributed by atoms with Gasteiger partial charge in [0.05, 0.1) is 18.8 Å². The second-order valence-corrected chi connectivity index (χ2v) is 9.11. The highest BCUT2D eigenvalue weighted by Gasteiger charge is 2.32. The smallest absolute Gasteiger partial charge is 0.257 e. The molecular formula is C27H35FN2O4. The van der Waals surface area contributed by atoms with Crippen molar-refractivity contribution in [2.24, 2.45) is 5.92 Å². The van der Waals surface area contributed by atoms with Gasteiger partial charge in [0, 0.05) is 44.8 Å². The van der Waals surface area contributed by atoms with Gasteiger partial charge >= 0.3 is 0 Å². The van der Waals surface area contributed by atoms with E-state index in [2.05, 4.69) is 4.90 Å². The van der Waals surface area contributed by atoms with Gasteiger partial charge in [0.2, 0.25) is 0 Å². The second kappa shape index (κ2) is 11.7. The van der Waals surface area contributed by atoms with Crippen molar-refractivity contribution in [2.75, 3.05) is 47.0 Å². The highest BCUT2D eigenvalue weighted by molar-refractivity contribution is 5.97. The first-order chi connectivity index (χ1) is 16.6. The molecule has 7 heteroatoms. The minimum Gasteiger partial charge on any atom is -0.496 e. The number of carbonyl (C=O) groups excluding carboxylic acids is 1. The summed E-state index contributed by atoms with van der Waals surface area (Å²) in [5, 5.41) is 0. The molecule has 1 saturated heterocycles. The Bertz CT molecular complexity index is 969. The predicted molar refractivity (Wildman–Crippen MR) is 129 cm³/mol. The fourth-order valence-electron chi connectivity index (χ4n) is 5.13. The topological polar surface area (TPSA) is 51.2 Å². The number of benzene rings is 2. The first kappa shape index (κ1) is 24.5. The van der Waals surface area contributed by atoms with E-state index in [1.807, 2.05) is 29.2 Å². The lowest BCUT2D eigenvalue weighted by Gasteiger charge is -2.38. The Morgan fingerprint density at radius 2 is 1.88 bits per heavy atom. The van der Waals surface area contributed by atoms with Crippen molar-refractivity contribution in [1.29, 1.82) is 0 Å². The molecule has 2 aromatic rings. The third-order valence-electron chi connectivity index (χ3n) is 7.01. The molecule has 2 heterocycles. The maximum absolute atomic E-state index is 14.6. The summed E-state index contributed by atoms with van der Waals surface area (Å²) in [6.45, 7) is 3.69. The van der Waals surface area contributed by atoms with Gasteiger partial charge in [0.25, 0.3) is 5.91 Å². The molecule has 0 unspecified atom stereocenters. The molecule has 0 spiro atoms. The lowest BCUT2D eigenvalue weighted by molar-refractivity contribution is -0.00703. The lowest BCUT2D eigenvalue weighted by atomic mass is 9.89. The molecule has 0 aliphatic carbocycles. The van der Waals surface area contributed by atoms with Crippen LogP contribution in [-0.4, -0.2) is 68.8 Å². The van der Waals surface area contributed by atoms with Crippen molar-refractivity contribution < 1.29 is 23.4 Å². The van der Waals surface area contributed by atoms with E-state index in [4.69, 9.17) is 14.2 Å². The number of ether oxygens (including phenoxy) is 3. The monoisotopic (exact) mass is 470 g/mol. The second-order valence-electron chi connectivity index (χ2n) is 9.11. The normalized spacial score (nSPS) is 22.4. The molecule has 0 N–H and O–H groups in total. The van der Waals surface area contributed by atoms with Crippen LogP contribution in [0.25, 0.3) is 0 Å². The zero-order valence-corrected chi connectivity index (χ0v) is 20.2. The standard InChI is InChI=1S/C27H35FN2O4/c1-32-24-13-15-30-18-20(24)8-5-6-14-29(19-22-23(28)10-7-12-25(22)33-2)16-17-34-26-11-4-3-9-21(26)27(30)31/h3-4,7,9-12,20,24H,5-6,8,13-19H2,1-2H3/t20-,24+/m1/s1. The van der Waals surface area contributed by atoms with Crippen molar-refractivity contribution in [3.05, 3.63) is 59.4 Å². The van der Waals surface area contributed by atoms with Crippen molar-refractivity contribution in [3.8, 4) is 11.5 Å². The number of hydrogen-bond acceptors (Lipinski definition) is 5. The molecule has 4 rings (SSSR count). The highest BCUT2D eigenvalue weighted by Crippen LogP contribution is 2.29. The Hall–Kier alpha value is -2.64. The van der Waals surface area contributed by atoms with Gasteiger partial charge in [-0.25, -0.2) is 4.39 Å². The van der Waals surface area contributed by atoms with E-state index in [0.29, 0.717) is 61.3 Å². The van der Waals surface area contributed by atoms with Crippen LogP contribution in [0, 0.1) is 11.7 Å². The summed E-state index contributed by atoms with van der Waals surface area (Å²) in [5.74, 6) is 1.21. The third kappa shape index (κ3) is 5.70. The van der Waals surface area contributed by atoms with Crippen LogP contribution in [0.1, 0.15) is 41.6 Å². The zero-order valence-electron chi connectivity index (χ0n) is 20.2. The minimum atomic E-state index is -0.263. The Morgan fingerprint density at radius 1 is 1.03 bits per heavy atom. The van der Waals surface area contributed by atoms with E-state index >= 15 is 0 Å². The number of amides is 1. The summed E-state index contributed by atoms with van der Waals surface area (Å²) in [5.41, 5.74) is 1.15. The molecule has 2 atom stereocenters. The maximum Gasteiger partial charge on any atom is 0.257 e. The molecule has 184 valence electrons. The Balaban J connectivity index is 1.55. The molecule has 0 aromatic heterocycles. The molecular weight excluding hydrogens is 435 g/mol. The minimum absolute atomic E-state index is 0.0140. The van der Waals surface area contributed by atoms with Gasteiger partial charge in [0.15, 0.2) is 0 Å². The van der Waals surface area contributed by atoms with E-state index in [-0.39, 0.29) is 17.8 Å². The Labute approximate surface area is 201 Å². The van der Waals surface area contributed by atoms with E-state index in [0.717, 1.165) is 32.2 Å². The summed E-state index contributed by atoms with van der Waals surface area (Å²) >= 11 is 0. The summed E-state index contributed by atoms with van der Waals surface area (Å²) in [6.07, 6.45) is 4.01. The number of methoxy groups -OCH3 is 2. The van der Waals surface area contributed by atoms with Gasteiger partial charge in [0.1, 0.15) is 23.9 Å². The van der Waals surface area contributed by atoms with Crippen LogP contribution >= 0.6 is 0 Å². The van der Waals surface area contributed by atoms with E-state index in [1.54, 1.807) is 26.4 Å². The molecule has 1 fully saturated rings. The number of rotatable bonds is 4. The van der Waals surface area contributed by atoms with Gasteiger partial charge < -0.3 is 19.1 Å². The average molecular weight is 471 g/mol. The van der Waals surface area contributed by atoms with Crippen molar-refractivity contribution in [2.45, 2.75) is 38.3 Å². The molecule has 2 aromatic carbocycles. The first-order valence-electron chi connectivity index (χ1n) is 12.2. The number of hydrogen-bond donors (Lipinski definition) is 0. The summed E-state index contributed by atoms with van der Waals surface area (Å²) in [7, 11) is 3.33. The quantitative estimate of drug-likeness (QED) is 0.664. The zero-order chi connectivity index (χ0) is 23.9. The molecule has 0 radical (unpaired) electrons. The van der Waals surface area contributed by atoms with Gasteiger partial charge in [-0.2, -0.15) is 0 Å². The molecule has 6 nitrogen and oxygen atoms in total. The van der Waals surface area contributed by atoms with Gasteiger partial charge in [-0.1, -0.05) is 24.6 Å². The van der Waals surface area contributed by atoms with Crippen LogP contribution in [0.3, 0.4) is 0 Å². The van der Waals surface area contributed by atoms with Crippen LogP contribution in [0.15, 0.2) is 42.5 Å². The number of nitrogens with zero attached hydrogens (tertiary/aromatic N) is 2. The highest BCUT2D eigenvalue weighted by atomic mass is 19.1. The van der Waals surface area contributed by atoms with Gasteiger partial charge in [-0.05, 0) is 50.1 Å². The molecule has 0 saturated carbocycles. The largest absolute Gasteiger partial charge is 0.496 e. The van der Waals surface area contributed by atoms with Gasteiger partial charge in [-0.15, -0.1) is 0 Å². The van der Waals surface area contributed by atoms with Crippen LogP contribution < -0.4 is 9.47 Å². The van der Waals surface area contributed by atoms with E-state index in [9.17, 15) is 9.18 Å². The van der Waals surface area contributed by atoms with Crippen LogP contribution in [0.4, 0.5) is 4.39 Å². The molecule has 2 aliphatic heterocycles. The van der Waals surface area contributed by atoms with E-state index < -0.39 is 0 Å². The lowest BCUT2D eigenvalue weighted by Crippen LogP contribution is -2.46. The fourth-order valence-corrected chi connectivity index (χ4v) is 5.13. The van der Waals surface area contributed by atoms with Crippen molar-refractivity contribution >= 4 is 5.91 Å². The van der Waals surface area contributed by atoms with Crippen molar-refractivity contribution in [1.82, 2.24) is 9.80 Å². The van der Waals surface area contributed by atoms with Gasteiger partial charge in [-0.3, -0.25) is 9.69 Å². The summed E-state index contributed by atoms with van der Waals surface area (Å²) in [4.78, 5) is 17.5. The fraction of sp³-hybridized carbons (Fsp3) is 0.519. The maximum atomic E-state index is 14.6. The third-order valence-corrected chi connectivity index (χ3v) is 7.01. The molecule has 2 bridgehead atoms. The Kier molecular flexibility index (Phi) is 8.40. The average Bonchev–Trinajstić information content (AvgIpc) is 2.86. The van der Waals surface area contributed by atoms with Crippen LogP contribution in [-0.2, 0) is 11.3 Å². The summed E-state index contributed by atoms with van der Waals surface area (Å²) in [6, 6.07) is 12.4. The number of carbonyl (C=O) groups is 1. The SMILES string of the molecule is COc1cccc(F)c1CN1CCCC[C@@H]2CN(CC[C@@H]2OC)C(=O)c2ccccc2OCC1. The summed E-state index contributed by atoms with van der Waals surface area (Å²) < 4.78 is 31.9. The number of piperidine rings is 1. The van der Waals surface area contributed by atoms with Crippen LogP contribution in [0.2, 0.25) is 0 Å². The Morgan fingerprint density at radius 3 is 2.71 bits per heavy atom. The van der Waals surface area contributed by atoms with Crippen LogP contribution in [0.5, 0.6) is 11.5 Å². The number of fused-ring (bicyclic) bond motifs is 3. The molecule has 1 amide bonds. The first-order valence-corrected chi connectivity index (χ1v) is 12.2. The van der Waals surface area contributed by atoms with Crippen molar-refractivity contribution in [3.63, 3.8) is 0 Å². The van der Waals surface area contributed by atoms with E-state index in [1.165, 1.54) is 6.07 Å². The number of halogens is 1. The number of para-hydroxylation sites is 1. The predicted octanol–water partition coefficient (Wildman–Crippen LogP) is 4.38.